The minimum absolute atomic E-state index is 0.172. The molecule has 0 saturated carbocycles. The van der Waals surface area contributed by atoms with Gasteiger partial charge in [0.25, 0.3) is 0 Å². The quantitative estimate of drug-likeness (QED) is 0.885. The third-order valence-electron chi connectivity index (χ3n) is 2.31. The van der Waals surface area contributed by atoms with Crippen LogP contribution in [0.15, 0.2) is 18.2 Å². The van der Waals surface area contributed by atoms with Crippen LogP contribution in [0.5, 0.6) is 0 Å². The first-order chi connectivity index (χ1) is 7.75. The van der Waals surface area contributed by atoms with Gasteiger partial charge in [0.05, 0.1) is 18.9 Å². The van der Waals surface area contributed by atoms with Gasteiger partial charge in [-0.15, -0.1) is 0 Å². The SMILES string of the molecule is Fc1ccc(Cl)cc1NCCC1OCCO1. The van der Waals surface area contributed by atoms with E-state index in [9.17, 15) is 4.39 Å². The average Bonchev–Trinajstić information content (AvgIpc) is 2.76. The Kier molecular flexibility index (Phi) is 3.98. The molecule has 0 amide bonds. The first-order valence-corrected chi connectivity index (χ1v) is 5.55. The summed E-state index contributed by atoms with van der Waals surface area (Å²) in [4.78, 5) is 0. The molecule has 3 nitrogen and oxygen atoms in total. The zero-order valence-electron chi connectivity index (χ0n) is 8.71. The first-order valence-electron chi connectivity index (χ1n) is 5.18. The first kappa shape index (κ1) is 11.6. The van der Waals surface area contributed by atoms with E-state index >= 15 is 0 Å². The molecule has 5 heteroatoms. The van der Waals surface area contributed by atoms with Gasteiger partial charge in [0.2, 0.25) is 0 Å². The summed E-state index contributed by atoms with van der Waals surface area (Å²) in [7, 11) is 0. The lowest BCUT2D eigenvalue weighted by Crippen LogP contribution is -2.14. The van der Waals surface area contributed by atoms with Crippen LogP contribution in [-0.4, -0.2) is 26.0 Å². The largest absolute Gasteiger partial charge is 0.382 e. The maximum Gasteiger partial charge on any atom is 0.159 e. The fraction of sp³-hybridized carbons (Fsp3) is 0.455. The van der Waals surface area contributed by atoms with Crippen LogP contribution in [0.4, 0.5) is 10.1 Å². The normalized spacial score (nSPS) is 16.6. The predicted molar refractivity (Wildman–Crippen MR) is 60.2 cm³/mol. The maximum absolute atomic E-state index is 13.3. The van der Waals surface area contributed by atoms with Crippen molar-refractivity contribution in [2.45, 2.75) is 12.7 Å². The Bertz CT molecular complexity index is 356. The van der Waals surface area contributed by atoms with E-state index in [0.717, 1.165) is 0 Å². The fourth-order valence-electron chi connectivity index (χ4n) is 1.53. The molecule has 1 fully saturated rings. The number of nitrogens with one attached hydrogen (secondary N) is 1. The van der Waals surface area contributed by atoms with Crippen molar-refractivity contribution in [1.29, 1.82) is 0 Å². The van der Waals surface area contributed by atoms with E-state index in [1.54, 1.807) is 6.07 Å². The zero-order valence-corrected chi connectivity index (χ0v) is 9.47. The summed E-state index contributed by atoms with van der Waals surface area (Å²) in [5, 5.41) is 3.47. The lowest BCUT2D eigenvalue weighted by molar-refractivity contribution is -0.0439. The Morgan fingerprint density at radius 2 is 2.12 bits per heavy atom. The molecule has 1 aliphatic heterocycles. The van der Waals surface area contributed by atoms with Gasteiger partial charge >= 0.3 is 0 Å². The van der Waals surface area contributed by atoms with Gasteiger partial charge in [0.15, 0.2) is 6.29 Å². The number of hydrogen-bond donors (Lipinski definition) is 1. The second-order valence-corrected chi connectivity index (χ2v) is 3.95. The molecule has 0 bridgehead atoms. The Balaban J connectivity index is 1.82. The molecular formula is C11H13ClFNO2. The molecule has 0 radical (unpaired) electrons. The van der Waals surface area contributed by atoms with E-state index in [4.69, 9.17) is 21.1 Å². The van der Waals surface area contributed by atoms with Crippen LogP contribution in [0.1, 0.15) is 6.42 Å². The molecule has 0 aromatic heterocycles. The highest BCUT2D eigenvalue weighted by atomic mass is 35.5. The van der Waals surface area contributed by atoms with Gasteiger partial charge < -0.3 is 14.8 Å². The molecule has 1 heterocycles. The Morgan fingerprint density at radius 3 is 2.88 bits per heavy atom. The van der Waals surface area contributed by atoms with Crippen LogP contribution in [0.2, 0.25) is 5.02 Å². The van der Waals surface area contributed by atoms with Crippen molar-refractivity contribution in [2.24, 2.45) is 0 Å². The Labute approximate surface area is 98.5 Å². The standard InChI is InChI=1S/C11H13ClFNO2/c12-8-1-2-9(13)10(7-8)14-4-3-11-15-5-6-16-11/h1-2,7,11,14H,3-6H2. The highest BCUT2D eigenvalue weighted by Gasteiger charge is 2.15. The van der Waals surface area contributed by atoms with Crippen molar-refractivity contribution in [3.8, 4) is 0 Å². The minimum Gasteiger partial charge on any atom is -0.382 e. The lowest BCUT2D eigenvalue weighted by atomic mass is 10.3. The van der Waals surface area contributed by atoms with E-state index in [0.29, 0.717) is 36.9 Å². The Morgan fingerprint density at radius 1 is 1.38 bits per heavy atom. The van der Waals surface area contributed by atoms with Crippen LogP contribution in [0.3, 0.4) is 0 Å². The molecule has 0 aliphatic carbocycles. The molecule has 0 spiro atoms. The topological polar surface area (TPSA) is 30.5 Å². The van der Waals surface area contributed by atoms with Crippen molar-refractivity contribution in [3.05, 3.63) is 29.0 Å². The van der Waals surface area contributed by atoms with Crippen molar-refractivity contribution in [3.63, 3.8) is 0 Å². The summed E-state index contributed by atoms with van der Waals surface area (Å²) in [6.07, 6.45) is 0.515. The number of ether oxygens (including phenoxy) is 2. The summed E-state index contributed by atoms with van der Waals surface area (Å²) >= 11 is 5.77. The third-order valence-corrected chi connectivity index (χ3v) is 2.55. The zero-order chi connectivity index (χ0) is 11.4. The maximum atomic E-state index is 13.3. The van der Waals surface area contributed by atoms with E-state index < -0.39 is 0 Å². The predicted octanol–water partition coefficient (Wildman–Crippen LogP) is 2.65. The molecule has 1 aliphatic rings. The fourth-order valence-corrected chi connectivity index (χ4v) is 1.70. The van der Waals surface area contributed by atoms with Crippen LogP contribution < -0.4 is 5.32 Å². The van der Waals surface area contributed by atoms with Crippen LogP contribution in [0.25, 0.3) is 0 Å². The monoisotopic (exact) mass is 245 g/mol. The van der Waals surface area contributed by atoms with Gasteiger partial charge in [-0.3, -0.25) is 0 Å². The van der Waals surface area contributed by atoms with Crippen molar-refractivity contribution < 1.29 is 13.9 Å². The van der Waals surface area contributed by atoms with Crippen LogP contribution in [-0.2, 0) is 9.47 Å². The summed E-state index contributed by atoms with van der Waals surface area (Å²) in [6, 6.07) is 4.42. The van der Waals surface area contributed by atoms with E-state index in [-0.39, 0.29) is 12.1 Å². The van der Waals surface area contributed by atoms with Crippen LogP contribution in [0, 0.1) is 5.82 Å². The summed E-state index contributed by atoms with van der Waals surface area (Å²) in [6.45, 7) is 1.86. The lowest BCUT2D eigenvalue weighted by Gasteiger charge is -2.11. The highest BCUT2D eigenvalue weighted by molar-refractivity contribution is 6.30. The second kappa shape index (κ2) is 5.48. The van der Waals surface area contributed by atoms with Crippen molar-refractivity contribution in [1.82, 2.24) is 0 Å². The smallest absolute Gasteiger partial charge is 0.159 e. The third kappa shape index (κ3) is 3.07. The van der Waals surface area contributed by atoms with E-state index in [1.807, 2.05) is 0 Å². The van der Waals surface area contributed by atoms with Gasteiger partial charge in [0, 0.05) is 18.0 Å². The Hall–Kier alpha value is -0.840. The van der Waals surface area contributed by atoms with Crippen molar-refractivity contribution >= 4 is 17.3 Å². The van der Waals surface area contributed by atoms with Gasteiger partial charge in [-0.25, -0.2) is 4.39 Å². The molecule has 88 valence electrons. The van der Waals surface area contributed by atoms with E-state index in [1.165, 1.54) is 12.1 Å². The summed E-state index contributed by atoms with van der Waals surface area (Å²) in [5.74, 6) is -0.308. The molecule has 0 atom stereocenters. The average molecular weight is 246 g/mol. The summed E-state index contributed by atoms with van der Waals surface area (Å²) < 4.78 is 23.8. The molecule has 1 saturated heterocycles. The van der Waals surface area contributed by atoms with Crippen molar-refractivity contribution in [2.75, 3.05) is 25.1 Å². The molecular weight excluding hydrogens is 233 g/mol. The van der Waals surface area contributed by atoms with Gasteiger partial charge in [0.1, 0.15) is 5.82 Å². The molecule has 0 unspecified atom stereocenters. The minimum atomic E-state index is -0.308. The van der Waals surface area contributed by atoms with Gasteiger partial charge in [-0.1, -0.05) is 11.6 Å². The highest BCUT2D eigenvalue weighted by Crippen LogP contribution is 2.19. The number of benzene rings is 1. The van der Waals surface area contributed by atoms with E-state index in [2.05, 4.69) is 5.32 Å². The molecule has 16 heavy (non-hydrogen) atoms. The van der Waals surface area contributed by atoms with Gasteiger partial charge in [-0.05, 0) is 18.2 Å². The number of hydrogen-bond acceptors (Lipinski definition) is 3. The number of anilines is 1. The van der Waals surface area contributed by atoms with Gasteiger partial charge in [-0.2, -0.15) is 0 Å². The molecule has 2 rings (SSSR count). The van der Waals surface area contributed by atoms with Crippen LogP contribution >= 0.6 is 11.6 Å². The molecule has 1 aromatic carbocycles. The number of halogens is 2. The molecule has 1 N–H and O–H groups in total. The number of rotatable bonds is 4. The second-order valence-electron chi connectivity index (χ2n) is 3.51. The summed E-state index contributed by atoms with van der Waals surface area (Å²) in [5.41, 5.74) is 0.408. The molecule has 1 aromatic rings.